The van der Waals surface area contributed by atoms with Crippen LogP contribution in [0.15, 0.2) is 15.5 Å². The van der Waals surface area contributed by atoms with Gasteiger partial charge in [-0.15, -0.1) is 0 Å². The van der Waals surface area contributed by atoms with Gasteiger partial charge in [0.25, 0.3) is 11.5 Å². The van der Waals surface area contributed by atoms with Gasteiger partial charge in [-0.3, -0.25) is 23.9 Å². The van der Waals surface area contributed by atoms with Crippen molar-refractivity contribution >= 4 is 22.9 Å². The Balaban J connectivity index is 1.61. The van der Waals surface area contributed by atoms with E-state index in [1.807, 2.05) is 13.8 Å². The lowest BCUT2D eigenvalue weighted by Crippen LogP contribution is -2.63. The smallest absolute Gasteiger partial charge is 0.265 e. The monoisotopic (exact) mass is 443 g/mol. The van der Waals surface area contributed by atoms with Gasteiger partial charge in [-0.05, 0) is 51.6 Å². The van der Waals surface area contributed by atoms with Gasteiger partial charge in [0.05, 0.1) is 5.56 Å². The summed E-state index contributed by atoms with van der Waals surface area (Å²) in [5, 5.41) is 0.235. The number of hydrogen-bond acceptors (Lipinski definition) is 6. The average molecular weight is 444 g/mol. The van der Waals surface area contributed by atoms with Crippen molar-refractivity contribution in [2.75, 3.05) is 26.2 Å². The molecule has 4 heterocycles. The molecule has 0 saturated carbocycles. The van der Waals surface area contributed by atoms with E-state index in [1.54, 1.807) is 11.8 Å². The van der Waals surface area contributed by atoms with Crippen molar-refractivity contribution in [3.8, 4) is 0 Å². The van der Waals surface area contributed by atoms with Crippen LogP contribution < -0.4 is 11.3 Å². The highest BCUT2D eigenvalue weighted by molar-refractivity contribution is 6.06. The molecule has 2 aliphatic heterocycles. The lowest BCUT2D eigenvalue weighted by Gasteiger charge is -2.48. The zero-order valence-corrected chi connectivity index (χ0v) is 19.2. The Kier molecular flexibility index (Phi) is 6.11. The molecule has 2 aromatic heterocycles. The minimum Gasteiger partial charge on any atom is -0.442 e. The topological polar surface area (TPSA) is 115 Å². The van der Waals surface area contributed by atoms with Crippen LogP contribution in [0.25, 0.3) is 11.1 Å². The summed E-state index contributed by atoms with van der Waals surface area (Å²) in [6.07, 6.45) is 5.77. The fraction of sp³-hybridized carbons (Fsp3) is 0.652. The molecule has 2 aliphatic rings. The van der Waals surface area contributed by atoms with Gasteiger partial charge in [-0.25, -0.2) is 4.98 Å². The van der Waals surface area contributed by atoms with Gasteiger partial charge in [-0.1, -0.05) is 20.3 Å². The Labute approximate surface area is 187 Å². The predicted octanol–water partition coefficient (Wildman–Crippen LogP) is 1.90. The number of aromatic nitrogens is 2. The summed E-state index contributed by atoms with van der Waals surface area (Å²) in [7, 11) is 0. The fourth-order valence-electron chi connectivity index (χ4n) is 5.20. The zero-order valence-electron chi connectivity index (χ0n) is 19.2. The molecule has 2 amide bonds. The number of piperidine rings is 2. The van der Waals surface area contributed by atoms with Crippen LogP contribution in [0, 0.1) is 12.8 Å². The number of aryl methyl sites for hydroxylation is 1. The highest BCUT2D eigenvalue weighted by atomic mass is 16.3. The summed E-state index contributed by atoms with van der Waals surface area (Å²) in [6.45, 7) is 8.78. The van der Waals surface area contributed by atoms with E-state index in [0.29, 0.717) is 38.2 Å². The molecule has 2 fully saturated rings. The number of furan rings is 1. The van der Waals surface area contributed by atoms with Crippen molar-refractivity contribution < 1.29 is 14.0 Å². The van der Waals surface area contributed by atoms with Gasteiger partial charge in [0.15, 0.2) is 0 Å². The number of amides is 2. The Morgan fingerprint density at radius 3 is 2.41 bits per heavy atom. The van der Waals surface area contributed by atoms with Crippen molar-refractivity contribution in [2.45, 2.75) is 65.0 Å². The van der Waals surface area contributed by atoms with Crippen LogP contribution in [-0.4, -0.2) is 62.9 Å². The third kappa shape index (κ3) is 3.83. The van der Waals surface area contributed by atoms with E-state index in [4.69, 9.17) is 10.2 Å². The molecule has 9 heteroatoms. The van der Waals surface area contributed by atoms with E-state index in [1.165, 1.54) is 17.3 Å². The van der Waals surface area contributed by atoms with E-state index in [0.717, 1.165) is 25.9 Å². The molecule has 0 unspecified atom stereocenters. The molecule has 0 bridgehead atoms. The molecule has 0 aromatic carbocycles. The van der Waals surface area contributed by atoms with Crippen molar-refractivity contribution in [3.63, 3.8) is 0 Å². The fourth-order valence-corrected chi connectivity index (χ4v) is 5.20. The number of primary amides is 1. The summed E-state index contributed by atoms with van der Waals surface area (Å²) in [5.74, 6) is 0.0916. The highest BCUT2D eigenvalue weighted by Gasteiger charge is 2.46. The van der Waals surface area contributed by atoms with Crippen LogP contribution in [0.1, 0.15) is 62.1 Å². The van der Waals surface area contributed by atoms with E-state index in [-0.39, 0.29) is 40.0 Å². The molecule has 4 rings (SSSR count). The van der Waals surface area contributed by atoms with Gasteiger partial charge >= 0.3 is 0 Å². The first kappa shape index (κ1) is 22.5. The molecule has 174 valence electrons. The summed E-state index contributed by atoms with van der Waals surface area (Å²) >= 11 is 0. The number of nitrogens with zero attached hydrogens (tertiary/aromatic N) is 4. The van der Waals surface area contributed by atoms with Crippen molar-refractivity contribution in [2.24, 2.45) is 11.7 Å². The molecule has 0 spiro atoms. The van der Waals surface area contributed by atoms with Crippen LogP contribution in [0.3, 0.4) is 0 Å². The second kappa shape index (κ2) is 8.69. The van der Waals surface area contributed by atoms with Gasteiger partial charge in [0, 0.05) is 19.6 Å². The minimum atomic E-state index is -0.698. The third-order valence-electron chi connectivity index (χ3n) is 6.93. The summed E-state index contributed by atoms with van der Waals surface area (Å²) in [4.78, 5) is 47.3. The van der Waals surface area contributed by atoms with E-state index >= 15 is 0 Å². The normalized spacial score (nSPS) is 19.6. The van der Waals surface area contributed by atoms with Crippen LogP contribution in [-0.2, 0) is 11.3 Å². The third-order valence-corrected chi connectivity index (χ3v) is 6.93. The predicted molar refractivity (Wildman–Crippen MR) is 120 cm³/mol. The van der Waals surface area contributed by atoms with Crippen LogP contribution in [0.4, 0.5) is 0 Å². The first-order valence-electron chi connectivity index (χ1n) is 11.6. The first-order valence-corrected chi connectivity index (χ1v) is 11.6. The summed E-state index contributed by atoms with van der Waals surface area (Å²) < 4.78 is 7.20. The molecular formula is C23H33N5O4. The standard InChI is InChI=1S/C23H33N5O4/c1-15(2)13-27-14-25-19-18(21(27)30)17(16(3)32-19)20(29)26-11-7-23(8-12-26,22(24)31)28-9-5-4-6-10-28/h14-15H,4-13H2,1-3H3,(H2,24,31). The molecule has 0 radical (unpaired) electrons. The Morgan fingerprint density at radius 2 is 1.81 bits per heavy atom. The van der Waals surface area contributed by atoms with Gasteiger partial charge < -0.3 is 15.1 Å². The Bertz CT molecular complexity index is 1070. The molecule has 2 N–H and O–H groups in total. The Hall–Kier alpha value is -2.68. The number of carbonyl (C=O) groups is 2. The van der Waals surface area contributed by atoms with Crippen molar-refractivity contribution in [1.29, 1.82) is 0 Å². The van der Waals surface area contributed by atoms with Gasteiger partial charge in [-0.2, -0.15) is 0 Å². The average Bonchev–Trinajstić information content (AvgIpc) is 3.12. The number of fused-ring (bicyclic) bond motifs is 1. The summed E-state index contributed by atoms with van der Waals surface area (Å²) in [5.41, 5.74) is 5.38. The zero-order chi connectivity index (χ0) is 23.0. The van der Waals surface area contributed by atoms with E-state index in [9.17, 15) is 14.4 Å². The van der Waals surface area contributed by atoms with Gasteiger partial charge in [0.2, 0.25) is 11.6 Å². The second-order valence-electron chi connectivity index (χ2n) is 9.55. The van der Waals surface area contributed by atoms with Crippen molar-refractivity contribution in [3.05, 3.63) is 28.0 Å². The van der Waals surface area contributed by atoms with E-state index in [2.05, 4.69) is 9.88 Å². The quantitative estimate of drug-likeness (QED) is 0.755. The molecular weight excluding hydrogens is 410 g/mol. The maximum Gasteiger partial charge on any atom is 0.265 e. The largest absolute Gasteiger partial charge is 0.442 e. The van der Waals surface area contributed by atoms with Gasteiger partial charge in [0.1, 0.15) is 23.0 Å². The molecule has 0 aliphatic carbocycles. The number of hydrogen-bond donors (Lipinski definition) is 1. The van der Waals surface area contributed by atoms with Crippen LogP contribution in [0.5, 0.6) is 0 Å². The minimum absolute atomic E-state index is 0.188. The number of nitrogens with two attached hydrogens (primary N) is 1. The number of rotatable bonds is 5. The first-order chi connectivity index (χ1) is 15.2. The number of likely N-dealkylation sites (tertiary alicyclic amines) is 2. The molecule has 32 heavy (non-hydrogen) atoms. The molecule has 0 atom stereocenters. The lowest BCUT2D eigenvalue weighted by molar-refractivity contribution is -0.134. The molecule has 2 saturated heterocycles. The van der Waals surface area contributed by atoms with Crippen molar-refractivity contribution in [1.82, 2.24) is 19.4 Å². The van der Waals surface area contributed by atoms with Crippen LogP contribution in [0.2, 0.25) is 0 Å². The lowest BCUT2D eigenvalue weighted by atomic mass is 9.83. The SMILES string of the molecule is Cc1oc2ncn(CC(C)C)c(=O)c2c1C(=O)N1CCC(C(N)=O)(N2CCCCC2)CC1. The maximum absolute atomic E-state index is 13.5. The van der Waals surface area contributed by atoms with Crippen LogP contribution >= 0.6 is 0 Å². The second-order valence-corrected chi connectivity index (χ2v) is 9.55. The Morgan fingerprint density at radius 1 is 1.16 bits per heavy atom. The molecule has 9 nitrogen and oxygen atoms in total. The maximum atomic E-state index is 13.5. The molecule has 2 aromatic rings. The van der Waals surface area contributed by atoms with E-state index < -0.39 is 5.54 Å². The highest BCUT2D eigenvalue weighted by Crippen LogP contribution is 2.33. The summed E-state index contributed by atoms with van der Waals surface area (Å²) in [6, 6.07) is 0. The number of carbonyl (C=O) groups excluding carboxylic acids is 2.